The molecule has 2 rings (SSSR count). The number of allylic oxidation sites excluding steroid dienone is 4. The highest BCUT2D eigenvalue weighted by Gasteiger charge is 2.43. The van der Waals surface area contributed by atoms with Crippen molar-refractivity contribution in [3.63, 3.8) is 0 Å². The fourth-order valence-corrected chi connectivity index (χ4v) is 3.26. The van der Waals surface area contributed by atoms with Gasteiger partial charge >= 0.3 is 0 Å². The van der Waals surface area contributed by atoms with Gasteiger partial charge in [0.15, 0.2) is 0 Å². The highest BCUT2D eigenvalue weighted by atomic mass is 35.5. The van der Waals surface area contributed by atoms with Crippen LogP contribution in [0.15, 0.2) is 24.3 Å². The molecule has 0 aromatic rings. The van der Waals surface area contributed by atoms with Crippen molar-refractivity contribution in [3.8, 4) is 0 Å². The third-order valence-corrected chi connectivity index (χ3v) is 4.04. The fourth-order valence-electron chi connectivity index (χ4n) is 2.72. The number of hydrogen-bond acceptors (Lipinski definition) is 1. The normalized spacial score (nSPS) is 46.4. The Labute approximate surface area is 90.5 Å². The lowest BCUT2D eigenvalue weighted by molar-refractivity contribution is -0.0513. The van der Waals surface area contributed by atoms with Crippen LogP contribution in [0.25, 0.3) is 0 Å². The van der Waals surface area contributed by atoms with Gasteiger partial charge in [0.1, 0.15) is 0 Å². The lowest BCUT2D eigenvalue weighted by atomic mass is 9.64. The molecule has 1 fully saturated rings. The Bertz CT molecular complexity index is 267. The quantitative estimate of drug-likeness (QED) is 0.663. The minimum Gasteiger partial charge on any atom is -0.390 e. The summed E-state index contributed by atoms with van der Waals surface area (Å²) in [5.41, 5.74) is -0.585. The van der Waals surface area contributed by atoms with Crippen LogP contribution in [0.4, 0.5) is 0 Å². The first kappa shape index (κ1) is 10.3. The van der Waals surface area contributed by atoms with Crippen LogP contribution in [-0.2, 0) is 0 Å². The molecule has 4 atom stereocenters. The molecule has 0 aromatic carbocycles. The molecule has 2 aliphatic carbocycles. The van der Waals surface area contributed by atoms with E-state index in [-0.39, 0.29) is 5.92 Å². The molecule has 3 unspecified atom stereocenters. The zero-order valence-corrected chi connectivity index (χ0v) is 9.24. The Morgan fingerprint density at radius 1 is 1.43 bits per heavy atom. The van der Waals surface area contributed by atoms with Crippen molar-refractivity contribution in [2.45, 2.75) is 25.4 Å². The highest BCUT2D eigenvalue weighted by molar-refractivity contribution is 6.18. The van der Waals surface area contributed by atoms with Crippen molar-refractivity contribution in [2.75, 3.05) is 5.88 Å². The second kappa shape index (κ2) is 3.71. The van der Waals surface area contributed by atoms with E-state index >= 15 is 0 Å². The topological polar surface area (TPSA) is 20.2 Å². The summed E-state index contributed by atoms with van der Waals surface area (Å²) in [6.07, 6.45) is 10.6. The number of halogens is 1. The first-order valence-electron chi connectivity index (χ1n) is 5.28. The zero-order chi connectivity index (χ0) is 10.2. The molecule has 14 heavy (non-hydrogen) atoms. The first-order valence-corrected chi connectivity index (χ1v) is 5.82. The monoisotopic (exact) mass is 212 g/mol. The van der Waals surface area contributed by atoms with Gasteiger partial charge in [-0.3, -0.25) is 0 Å². The molecular weight excluding hydrogens is 196 g/mol. The molecule has 1 saturated carbocycles. The number of alkyl halides is 1. The van der Waals surface area contributed by atoms with E-state index in [9.17, 15) is 5.11 Å². The Kier molecular flexibility index (Phi) is 2.72. The summed E-state index contributed by atoms with van der Waals surface area (Å²) in [7, 11) is 0. The van der Waals surface area contributed by atoms with Gasteiger partial charge in [-0.1, -0.05) is 24.3 Å². The maximum atomic E-state index is 10.2. The van der Waals surface area contributed by atoms with E-state index in [1.807, 2.05) is 6.92 Å². The molecule has 0 bridgehead atoms. The number of hydrogen-bond donors (Lipinski definition) is 1. The van der Waals surface area contributed by atoms with Gasteiger partial charge < -0.3 is 5.11 Å². The standard InChI is InChI=1S/C12H17ClO/c1-12(14)7-6-9-4-2-3-5-10(9)11(12)8-13/h2-5,9-11,14H,6-8H2,1H3/t9?,10?,11?,12-/m1/s1. The lowest BCUT2D eigenvalue weighted by Gasteiger charge is -2.45. The summed E-state index contributed by atoms with van der Waals surface area (Å²) in [5, 5.41) is 10.2. The molecule has 0 radical (unpaired) electrons. The predicted molar refractivity (Wildman–Crippen MR) is 59.3 cm³/mol. The van der Waals surface area contributed by atoms with Crippen molar-refractivity contribution in [1.82, 2.24) is 0 Å². The van der Waals surface area contributed by atoms with Crippen LogP contribution in [-0.4, -0.2) is 16.6 Å². The van der Waals surface area contributed by atoms with E-state index in [0.29, 0.717) is 17.7 Å². The largest absolute Gasteiger partial charge is 0.390 e. The Hall–Kier alpha value is -0.270. The molecule has 2 aliphatic rings. The summed E-state index contributed by atoms with van der Waals surface area (Å²) in [5.74, 6) is 1.76. The van der Waals surface area contributed by atoms with E-state index in [1.54, 1.807) is 0 Å². The summed E-state index contributed by atoms with van der Waals surface area (Å²) in [6.45, 7) is 1.92. The summed E-state index contributed by atoms with van der Waals surface area (Å²) >= 11 is 5.97. The minimum absolute atomic E-state index is 0.198. The van der Waals surface area contributed by atoms with Gasteiger partial charge in [0.05, 0.1) is 5.60 Å². The second-order valence-corrected chi connectivity index (χ2v) is 4.98. The van der Waals surface area contributed by atoms with Crippen molar-refractivity contribution >= 4 is 11.6 Å². The number of rotatable bonds is 1. The van der Waals surface area contributed by atoms with Gasteiger partial charge in [-0.25, -0.2) is 0 Å². The average molecular weight is 213 g/mol. The van der Waals surface area contributed by atoms with Crippen LogP contribution < -0.4 is 0 Å². The summed E-state index contributed by atoms with van der Waals surface area (Å²) in [4.78, 5) is 0. The van der Waals surface area contributed by atoms with Crippen molar-refractivity contribution in [2.24, 2.45) is 17.8 Å². The van der Waals surface area contributed by atoms with E-state index in [1.165, 1.54) is 0 Å². The minimum atomic E-state index is -0.585. The SMILES string of the molecule is C[C@@]1(O)CCC2C=CC=CC2C1CCl. The Morgan fingerprint density at radius 3 is 2.86 bits per heavy atom. The maximum Gasteiger partial charge on any atom is 0.0665 e. The van der Waals surface area contributed by atoms with Crippen molar-refractivity contribution in [1.29, 1.82) is 0 Å². The van der Waals surface area contributed by atoms with E-state index in [4.69, 9.17) is 11.6 Å². The van der Waals surface area contributed by atoms with Gasteiger partial charge in [0, 0.05) is 11.8 Å². The molecule has 0 aliphatic heterocycles. The molecule has 1 N–H and O–H groups in total. The average Bonchev–Trinajstić information content (AvgIpc) is 2.17. The fraction of sp³-hybridized carbons (Fsp3) is 0.667. The van der Waals surface area contributed by atoms with Crippen molar-refractivity contribution < 1.29 is 5.11 Å². The van der Waals surface area contributed by atoms with Gasteiger partial charge in [-0.2, -0.15) is 0 Å². The molecule has 0 amide bonds. The van der Waals surface area contributed by atoms with Gasteiger partial charge in [0.2, 0.25) is 0 Å². The van der Waals surface area contributed by atoms with Crippen LogP contribution in [0.1, 0.15) is 19.8 Å². The van der Waals surface area contributed by atoms with Gasteiger partial charge in [-0.05, 0) is 31.6 Å². The molecule has 0 saturated heterocycles. The van der Waals surface area contributed by atoms with E-state index in [2.05, 4.69) is 24.3 Å². The number of aliphatic hydroxyl groups is 1. The third kappa shape index (κ3) is 1.64. The first-order chi connectivity index (χ1) is 6.65. The summed E-state index contributed by atoms with van der Waals surface area (Å²) < 4.78 is 0. The lowest BCUT2D eigenvalue weighted by Crippen LogP contribution is -2.46. The number of fused-ring (bicyclic) bond motifs is 1. The van der Waals surface area contributed by atoms with E-state index in [0.717, 1.165) is 12.8 Å². The van der Waals surface area contributed by atoms with Crippen LogP contribution in [0.5, 0.6) is 0 Å². The Balaban J connectivity index is 2.23. The maximum absolute atomic E-state index is 10.2. The molecule has 1 nitrogen and oxygen atoms in total. The predicted octanol–water partition coefficient (Wildman–Crippen LogP) is 2.74. The van der Waals surface area contributed by atoms with Crippen LogP contribution in [0, 0.1) is 17.8 Å². The molecule has 2 heteroatoms. The third-order valence-electron chi connectivity index (χ3n) is 3.71. The molecule has 0 aromatic heterocycles. The van der Waals surface area contributed by atoms with Gasteiger partial charge in [-0.15, -0.1) is 11.6 Å². The molecule has 0 spiro atoms. The highest BCUT2D eigenvalue weighted by Crippen LogP contribution is 2.44. The molecule has 78 valence electrons. The smallest absolute Gasteiger partial charge is 0.0665 e. The van der Waals surface area contributed by atoms with Crippen LogP contribution >= 0.6 is 11.6 Å². The van der Waals surface area contributed by atoms with Crippen LogP contribution in [0.3, 0.4) is 0 Å². The van der Waals surface area contributed by atoms with Crippen LogP contribution in [0.2, 0.25) is 0 Å². The van der Waals surface area contributed by atoms with Gasteiger partial charge in [0.25, 0.3) is 0 Å². The molecule has 0 heterocycles. The Morgan fingerprint density at radius 2 is 2.14 bits per heavy atom. The van der Waals surface area contributed by atoms with Crippen molar-refractivity contribution in [3.05, 3.63) is 24.3 Å². The van der Waals surface area contributed by atoms with E-state index < -0.39 is 5.60 Å². The zero-order valence-electron chi connectivity index (χ0n) is 8.49. The molecular formula is C12H17ClO. The second-order valence-electron chi connectivity index (χ2n) is 4.67. The summed E-state index contributed by atoms with van der Waals surface area (Å²) in [6, 6.07) is 0.